The third-order valence-electron chi connectivity index (χ3n) is 3.24. The number of carboxylic acid groups (broad SMARTS) is 1. The summed E-state index contributed by atoms with van der Waals surface area (Å²) in [6.45, 7) is 1.21. The number of carbonyl (C=O) groups is 2. The number of hydrogen-bond donors (Lipinski definition) is 2. The summed E-state index contributed by atoms with van der Waals surface area (Å²) in [6, 6.07) is 1.60. The molecule has 0 bridgehead atoms. The summed E-state index contributed by atoms with van der Waals surface area (Å²) in [5.74, 6) is -0.662. The summed E-state index contributed by atoms with van der Waals surface area (Å²) in [5.41, 5.74) is 0.483. The molecule has 0 spiro atoms. The standard InChI is InChI=1S/C12H15ClN2O3/c13-9-6-10(14-7-9)12(18)15-3-1-8(2-4-15)5-11(16)17/h6-8,14H,1-5H2,(H,16,17). The molecule has 1 aromatic heterocycles. The number of aromatic amines is 1. The normalized spacial score (nSPS) is 16.8. The number of carbonyl (C=O) groups excluding carboxylic acids is 1. The van der Waals surface area contributed by atoms with E-state index >= 15 is 0 Å². The number of aromatic nitrogens is 1. The van der Waals surface area contributed by atoms with Gasteiger partial charge in [-0.2, -0.15) is 0 Å². The van der Waals surface area contributed by atoms with E-state index in [2.05, 4.69) is 4.98 Å². The topological polar surface area (TPSA) is 73.4 Å². The van der Waals surface area contributed by atoms with Gasteiger partial charge in [0.15, 0.2) is 0 Å². The zero-order chi connectivity index (χ0) is 13.1. The van der Waals surface area contributed by atoms with Crippen molar-refractivity contribution in [3.63, 3.8) is 0 Å². The fourth-order valence-corrected chi connectivity index (χ4v) is 2.41. The lowest BCUT2D eigenvalue weighted by Crippen LogP contribution is -2.39. The molecule has 98 valence electrons. The number of nitrogens with zero attached hydrogens (tertiary/aromatic N) is 1. The molecule has 1 saturated heterocycles. The van der Waals surface area contributed by atoms with Crippen molar-refractivity contribution in [1.29, 1.82) is 0 Å². The molecule has 0 saturated carbocycles. The van der Waals surface area contributed by atoms with E-state index < -0.39 is 5.97 Å². The van der Waals surface area contributed by atoms with Gasteiger partial charge in [0.1, 0.15) is 5.69 Å². The molecule has 0 aliphatic carbocycles. The van der Waals surface area contributed by atoms with Crippen molar-refractivity contribution < 1.29 is 14.7 Å². The molecule has 1 fully saturated rings. The maximum absolute atomic E-state index is 12.1. The molecule has 6 heteroatoms. The highest BCUT2D eigenvalue weighted by molar-refractivity contribution is 6.30. The maximum atomic E-state index is 12.1. The van der Waals surface area contributed by atoms with Crippen LogP contribution in [0.5, 0.6) is 0 Å². The molecule has 2 rings (SSSR count). The van der Waals surface area contributed by atoms with Crippen LogP contribution in [0.2, 0.25) is 5.02 Å². The van der Waals surface area contributed by atoms with Crippen LogP contribution in [0.3, 0.4) is 0 Å². The highest BCUT2D eigenvalue weighted by Crippen LogP contribution is 2.22. The number of amides is 1. The van der Waals surface area contributed by atoms with Gasteiger partial charge in [-0.25, -0.2) is 0 Å². The number of likely N-dealkylation sites (tertiary alicyclic amines) is 1. The second-order valence-corrected chi connectivity index (χ2v) is 5.00. The number of halogens is 1. The molecule has 2 N–H and O–H groups in total. The molecule has 0 aromatic carbocycles. The summed E-state index contributed by atoms with van der Waals surface area (Å²) in [4.78, 5) is 27.2. The predicted octanol–water partition coefficient (Wildman–Crippen LogP) is 2.00. The molecule has 1 amide bonds. The second-order valence-electron chi connectivity index (χ2n) is 4.57. The van der Waals surface area contributed by atoms with E-state index in [4.69, 9.17) is 16.7 Å². The van der Waals surface area contributed by atoms with E-state index in [0.29, 0.717) is 23.8 Å². The second kappa shape index (κ2) is 5.44. The van der Waals surface area contributed by atoms with Crippen LogP contribution in [0.4, 0.5) is 0 Å². The fourth-order valence-electron chi connectivity index (χ4n) is 2.25. The Bertz CT molecular complexity index is 450. The molecule has 0 radical (unpaired) electrons. The molecular weight excluding hydrogens is 256 g/mol. The summed E-state index contributed by atoms with van der Waals surface area (Å²) in [6.07, 6.45) is 3.25. The molecule has 1 aliphatic heterocycles. The van der Waals surface area contributed by atoms with Gasteiger partial charge in [-0.05, 0) is 24.8 Å². The average molecular weight is 271 g/mol. The predicted molar refractivity (Wildman–Crippen MR) is 66.7 cm³/mol. The minimum absolute atomic E-state index is 0.0734. The molecule has 2 heterocycles. The molecular formula is C12H15ClN2O3. The van der Waals surface area contributed by atoms with Gasteiger partial charge >= 0.3 is 5.97 Å². The number of H-pyrrole nitrogens is 1. The molecule has 1 aliphatic rings. The summed E-state index contributed by atoms with van der Waals surface area (Å²) < 4.78 is 0. The Morgan fingerprint density at radius 2 is 2.11 bits per heavy atom. The van der Waals surface area contributed by atoms with Gasteiger partial charge in [-0.15, -0.1) is 0 Å². The third-order valence-corrected chi connectivity index (χ3v) is 3.46. The van der Waals surface area contributed by atoms with Crippen LogP contribution in [0.15, 0.2) is 12.3 Å². The van der Waals surface area contributed by atoms with Gasteiger partial charge in [0.25, 0.3) is 5.91 Å². The summed E-state index contributed by atoms with van der Waals surface area (Å²) >= 11 is 5.76. The fraction of sp³-hybridized carbons (Fsp3) is 0.500. The minimum atomic E-state index is -0.768. The Labute approximate surface area is 110 Å². The maximum Gasteiger partial charge on any atom is 0.303 e. The molecule has 18 heavy (non-hydrogen) atoms. The highest BCUT2D eigenvalue weighted by atomic mass is 35.5. The van der Waals surface area contributed by atoms with Crippen molar-refractivity contribution in [3.05, 3.63) is 23.0 Å². The lowest BCUT2D eigenvalue weighted by atomic mass is 9.93. The number of piperidine rings is 1. The first kappa shape index (κ1) is 13.0. The Morgan fingerprint density at radius 1 is 1.44 bits per heavy atom. The van der Waals surface area contributed by atoms with Crippen LogP contribution >= 0.6 is 11.6 Å². The van der Waals surface area contributed by atoms with Crippen molar-refractivity contribution >= 4 is 23.5 Å². The Kier molecular flexibility index (Phi) is 3.91. The monoisotopic (exact) mass is 270 g/mol. The molecule has 0 atom stereocenters. The minimum Gasteiger partial charge on any atom is -0.481 e. The van der Waals surface area contributed by atoms with Gasteiger partial charge < -0.3 is 15.0 Å². The van der Waals surface area contributed by atoms with Gasteiger partial charge in [-0.1, -0.05) is 11.6 Å². The summed E-state index contributed by atoms with van der Waals surface area (Å²) in [7, 11) is 0. The van der Waals surface area contributed by atoms with Crippen molar-refractivity contribution in [1.82, 2.24) is 9.88 Å². The number of aliphatic carboxylic acids is 1. The van der Waals surface area contributed by atoms with Crippen molar-refractivity contribution in [3.8, 4) is 0 Å². The highest BCUT2D eigenvalue weighted by Gasteiger charge is 2.25. The van der Waals surface area contributed by atoms with Crippen molar-refractivity contribution in [2.24, 2.45) is 5.92 Å². The number of nitrogens with one attached hydrogen (secondary N) is 1. The van der Waals surface area contributed by atoms with Crippen LogP contribution in [0, 0.1) is 5.92 Å². The van der Waals surface area contributed by atoms with Crippen LogP contribution in [0.1, 0.15) is 29.8 Å². The zero-order valence-electron chi connectivity index (χ0n) is 9.86. The van der Waals surface area contributed by atoms with Gasteiger partial charge in [0.05, 0.1) is 5.02 Å². The lowest BCUT2D eigenvalue weighted by molar-refractivity contribution is -0.138. The first-order valence-electron chi connectivity index (χ1n) is 5.91. The van der Waals surface area contributed by atoms with E-state index in [0.717, 1.165) is 12.8 Å². The van der Waals surface area contributed by atoms with Crippen LogP contribution in [-0.2, 0) is 4.79 Å². The zero-order valence-corrected chi connectivity index (χ0v) is 10.6. The van der Waals surface area contributed by atoms with Crippen LogP contribution in [-0.4, -0.2) is 40.0 Å². The van der Waals surface area contributed by atoms with Crippen LogP contribution < -0.4 is 0 Å². The average Bonchev–Trinajstić information content (AvgIpc) is 2.75. The Balaban J connectivity index is 1.90. The largest absolute Gasteiger partial charge is 0.481 e. The third kappa shape index (κ3) is 3.04. The van der Waals surface area contributed by atoms with Crippen molar-refractivity contribution in [2.45, 2.75) is 19.3 Å². The first-order valence-corrected chi connectivity index (χ1v) is 6.29. The summed E-state index contributed by atoms with van der Waals surface area (Å²) in [5, 5.41) is 9.23. The van der Waals surface area contributed by atoms with E-state index in [1.807, 2.05) is 0 Å². The van der Waals surface area contributed by atoms with E-state index in [1.54, 1.807) is 17.2 Å². The number of hydrogen-bond acceptors (Lipinski definition) is 2. The lowest BCUT2D eigenvalue weighted by Gasteiger charge is -2.31. The molecule has 1 aromatic rings. The smallest absolute Gasteiger partial charge is 0.303 e. The Hall–Kier alpha value is -1.49. The van der Waals surface area contributed by atoms with Crippen molar-refractivity contribution in [2.75, 3.05) is 13.1 Å². The van der Waals surface area contributed by atoms with Crippen LogP contribution in [0.25, 0.3) is 0 Å². The number of carboxylic acids is 1. The van der Waals surface area contributed by atoms with Gasteiger partial charge in [-0.3, -0.25) is 9.59 Å². The first-order chi connectivity index (χ1) is 8.56. The quantitative estimate of drug-likeness (QED) is 0.882. The van der Waals surface area contributed by atoms with E-state index in [1.165, 1.54) is 0 Å². The van der Waals surface area contributed by atoms with E-state index in [-0.39, 0.29) is 18.2 Å². The van der Waals surface area contributed by atoms with E-state index in [9.17, 15) is 9.59 Å². The molecule has 0 unspecified atom stereocenters. The van der Waals surface area contributed by atoms with Gasteiger partial charge in [0.2, 0.25) is 0 Å². The Morgan fingerprint density at radius 3 is 2.61 bits per heavy atom. The van der Waals surface area contributed by atoms with Gasteiger partial charge in [0, 0.05) is 25.7 Å². The molecule has 5 nitrogen and oxygen atoms in total. The number of rotatable bonds is 3. The SMILES string of the molecule is O=C(O)CC1CCN(C(=O)c2cc(Cl)c[nH]2)CC1.